The minimum atomic E-state index is -1.34. The molecule has 2 rings (SSSR count). The normalized spacial score (nSPS) is 33.9. The molecule has 0 aliphatic heterocycles. The van der Waals surface area contributed by atoms with Crippen LogP contribution in [0.3, 0.4) is 0 Å². The van der Waals surface area contributed by atoms with Crippen molar-refractivity contribution < 1.29 is 14.6 Å². The zero-order valence-electron chi connectivity index (χ0n) is 8.75. The van der Waals surface area contributed by atoms with Gasteiger partial charge in [0.2, 0.25) is 0 Å². The van der Waals surface area contributed by atoms with Crippen LogP contribution in [0.5, 0.6) is 0 Å². The number of aliphatic hydroxyl groups excluding tert-OH is 2. The van der Waals surface area contributed by atoms with Crippen LogP contribution in [0.4, 0.5) is 10.1 Å². The number of alkyl halides is 1. The molecule has 1 aromatic rings. The fraction of sp³-hybridized carbons (Fsp3) is 0.545. The Labute approximate surface area is 93.1 Å². The van der Waals surface area contributed by atoms with Crippen molar-refractivity contribution in [3.63, 3.8) is 0 Å². The average Bonchev–Trinajstić information content (AvgIpc) is 2.58. The van der Waals surface area contributed by atoms with E-state index in [1.165, 1.54) is 0 Å². The summed E-state index contributed by atoms with van der Waals surface area (Å²) in [6.45, 7) is -0.184. The van der Waals surface area contributed by atoms with E-state index in [1.807, 2.05) is 0 Å². The summed E-state index contributed by atoms with van der Waals surface area (Å²) in [5, 5.41) is 21.5. The molecule has 4 atom stereocenters. The summed E-state index contributed by atoms with van der Waals surface area (Å²) in [4.78, 5) is 3.86. The molecule has 1 aliphatic rings. The summed E-state index contributed by atoms with van der Waals surface area (Å²) >= 11 is 0. The smallest absolute Gasteiger partial charge is 0.146 e. The van der Waals surface area contributed by atoms with Crippen molar-refractivity contribution in [2.45, 2.75) is 24.7 Å². The first-order valence-electron chi connectivity index (χ1n) is 5.32. The van der Waals surface area contributed by atoms with Gasteiger partial charge in [0.1, 0.15) is 6.17 Å². The maximum absolute atomic E-state index is 13.7. The molecule has 16 heavy (non-hydrogen) atoms. The van der Waals surface area contributed by atoms with Crippen molar-refractivity contribution in [3.05, 3.63) is 24.5 Å². The highest BCUT2D eigenvalue weighted by molar-refractivity contribution is 5.42. The van der Waals surface area contributed by atoms with Crippen LogP contribution < -0.4 is 5.32 Å². The lowest BCUT2D eigenvalue weighted by Gasteiger charge is -2.16. The Balaban J connectivity index is 2.01. The molecule has 0 saturated heterocycles. The van der Waals surface area contributed by atoms with Crippen LogP contribution in [0.1, 0.15) is 6.42 Å². The van der Waals surface area contributed by atoms with Crippen molar-refractivity contribution in [3.8, 4) is 0 Å². The maximum atomic E-state index is 13.7. The summed E-state index contributed by atoms with van der Waals surface area (Å²) in [5.41, 5.74) is 0.772. The second-order valence-corrected chi connectivity index (χ2v) is 4.10. The Bertz CT molecular complexity index is 336. The lowest BCUT2D eigenvalue weighted by Crippen LogP contribution is -2.31. The number of anilines is 1. The molecule has 1 fully saturated rings. The van der Waals surface area contributed by atoms with E-state index >= 15 is 0 Å². The van der Waals surface area contributed by atoms with Gasteiger partial charge >= 0.3 is 0 Å². The van der Waals surface area contributed by atoms with Gasteiger partial charge in [0.05, 0.1) is 12.1 Å². The van der Waals surface area contributed by atoms with Gasteiger partial charge in [-0.1, -0.05) is 0 Å². The number of aromatic nitrogens is 1. The molecule has 88 valence electrons. The molecular formula is C11H15FN2O2. The third-order valence-corrected chi connectivity index (χ3v) is 3.02. The molecule has 0 unspecified atom stereocenters. The fourth-order valence-electron chi connectivity index (χ4n) is 2.08. The van der Waals surface area contributed by atoms with Gasteiger partial charge in [-0.25, -0.2) is 4.39 Å². The molecule has 0 aromatic carbocycles. The second-order valence-electron chi connectivity index (χ2n) is 4.10. The lowest BCUT2D eigenvalue weighted by atomic mass is 10.1. The number of halogens is 1. The van der Waals surface area contributed by atoms with E-state index in [2.05, 4.69) is 10.3 Å². The first-order valence-corrected chi connectivity index (χ1v) is 5.32. The number of aliphatic hydroxyl groups is 2. The summed E-state index contributed by atoms with van der Waals surface area (Å²) in [6.07, 6.45) is 1.24. The molecule has 4 nitrogen and oxygen atoms in total. The topological polar surface area (TPSA) is 65.4 Å². The molecular weight excluding hydrogens is 211 g/mol. The molecule has 0 spiro atoms. The van der Waals surface area contributed by atoms with Crippen LogP contribution in [0, 0.1) is 5.92 Å². The van der Waals surface area contributed by atoms with E-state index in [9.17, 15) is 9.50 Å². The van der Waals surface area contributed by atoms with Crippen LogP contribution in [0.2, 0.25) is 0 Å². The Morgan fingerprint density at radius 1 is 1.44 bits per heavy atom. The SMILES string of the molecule is OC[C@H]1C[C@@H](Nc2ccncc2)[C@@H](F)[C@@H]1O. The van der Waals surface area contributed by atoms with Gasteiger partial charge in [-0.3, -0.25) is 4.98 Å². The van der Waals surface area contributed by atoms with E-state index in [0.29, 0.717) is 6.42 Å². The van der Waals surface area contributed by atoms with Gasteiger partial charge in [0.25, 0.3) is 0 Å². The van der Waals surface area contributed by atoms with Crippen molar-refractivity contribution >= 4 is 5.69 Å². The van der Waals surface area contributed by atoms with Crippen molar-refractivity contribution in [2.75, 3.05) is 11.9 Å². The van der Waals surface area contributed by atoms with E-state index in [1.54, 1.807) is 24.5 Å². The Morgan fingerprint density at radius 3 is 2.69 bits per heavy atom. The molecule has 1 heterocycles. The maximum Gasteiger partial charge on any atom is 0.146 e. The molecule has 1 aliphatic carbocycles. The van der Waals surface area contributed by atoms with Crippen LogP contribution in [-0.4, -0.2) is 40.1 Å². The number of rotatable bonds is 3. The second kappa shape index (κ2) is 4.76. The van der Waals surface area contributed by atoms with Crippen molar-refractivity contribution in [1.82, 2.24) is 4.98 Å². The van der Waals surface area contributed by atoms with Crippen LogP contribution >= 0.6 is 0 Å². The summed E-state index contributed by atoms with van der Waals surface area (Å²) in [7, 11) is 0. The number of nitrogens with one attached hydrogen (secondary N) is 1. The summed E-state index contributed by atoms with van der Waals surface area (Å²) < 4.78 is 13.7. The Kier molecular flexibility index (Phi) is 3.36. The van der Waals surface area contributed by atoms with Gasteiger partial charge in [-0.15, -0.1) is 0 Å². The predicted molar refractivity (Wildman–Crippen MR) is 57.7 cm³/mol. The number of pyridine rings is 1. The van der Waals surface area contributed by atoms with E-state index in [4.69, 9.17) is 5.11 Å². The molecule has 0 amide bonds. The van der Waals surface area contributed by atoms with Crippen molar-refractivity contribution in [1.29, 1.82) is 0 Å². The number of hydrogen-bond acceptors (Lipinski definition) is 4. The molecule has 3 N–H and O–H groups in total. The highest BCUT2D eigenvalue weighted by Gasteiger charge is 2.42. The monoisotopic (exact) mass is 226 g/mol. The standard InChI is InChI=1S/C11H15FN2O2/c12-10-9(5-7(6-15)11(10)16)14-8-1-3-13-4-2-8/h1-4,7,9-11,15-16H,5-6H2,(H,13,14)/t7-,9-,10-,11-/m1/s1. The highest BCUT2D eigenvalue weighted by Crippen LogP contribution is 2.30. The third-order valence-electron chi connectivity index (χ3n) is 3.02. The van der Waals surface area contributed by atoms with Crippen molar-refractivity contribution in [2.24, 2.45) is 5.92 Å². The first kappa shape index (κ1) is 11.3. The third kappa shape index (κ3) is 2.15. The van der Waals surface area contributed by atoms with Gasteiger partial charge < -0.3 is 15.5 Å². The highest BCUT2D eigenvalue weighted by atomic mass is 19.1. The molecule has 0 radical (unpaired) electrons. The Morgan fingerprint density at radius 2 is 2.12 bits per heavy atom. The zero-order valence-corrected chi connectivity index (χ0v) is 8.75. The van der Waals surface area contributed by atoms with Gasteiger partial charge in [0.15, 0.2) is 0 Å². The summed E-state index contributed by atoms with van der Waals surface area (Å²) in [6, 6.07) is 3.03. The largest absolute Gasteiger partial charge is 0.396 e. The minimum Gasteiger partial charge on any atom is -0.396 e. The predicted octanol–water partition coefficient (Wildman–Crippen LogP) is 0.573. The van der Waals surface area contributed by atoms with E-state index < -0.39 is 18.3 Å². The minimum absolute atomic E-state index is 0.184. The zero-order chi connectivity index (χ0) is 11.5. The fourth-order valence-corrected chi connectivity index (χ4v) is 2.08. The quantitative estimate of drug-likeness (QED) is 0.705. The average molecular weight is 226 g/mol. The Hall–Kier alpha value is -1.20. The van der Waals surface area contributed by atoms with Gasteiger partial charge in [0, 0.05) is 30.6 Å². The summed E-state index contributed by atoms with van der Waals surface area (Å²) in [5.74, 6) is -0.380. The number of nitrogens with zero attached hydrogens (tertiary/aromatic N) is 1. The molecule has 5 heteroatoms. The van der Waals surface area contributed by atoms with Gasteiger partial charge in [-0.05, 0) is 18.6 Å². The van der Waals surface area contributed by atoms with E-state index in [-0.39, 0.29) is 12.5 Å². The van der Waals surface area contributed by atoms with E-state index in [0.717, 1.165) is 5.69 Å². The molecule has 1 aromatic heterocycles. The van der Waals surface area contributed by atoms with Crippen LogP contribution in [0.25, 0.3) is 0 Å². The van der Waals surface area contributed by atoms with Crippen LogP contribution in [0.15, 0.2) is 24.5 Å². The van der Waals surface area contributed by atoms with Gasteiger partial charge in [-0.2, -0.15) is 0 Å². The molecule has 0 bridgehead atoms. The lowest BCUT2D eigenvalue weighted by molar-refractivity contribution is 0.0444. The number of hydrogen-bond donors (Lipinski definition) is 3. The molecule has 1 saturated carbocycles. The first-order chi connectivity index (χ1) is 7.72. The van der Waals surface area contributed by atoms with Crippen LogP contribution in [-0.2, 0) is 0 Å².